The molecule has 7 nitrogen and oxygen atoms in total. The second kappa shape index (κ2) is 7.00. The Balaban J connectivity index is 2.23. The van der Waals surface area contributed by atoms with Crippen LogP contribution in [0.2, 0.25) is 0 Å². The van der Waals surface area contributed by atoms with Gasteiger partial charge in [-0.05, 0) is 12.1 Å². The maximum absolute atomic E-state index is 12.6. The molecular weight excluding hydrogens is 328 g/mol. The summed E-state index contributed by atoms with van der Waals surface area (Å²) in [5, 5.41) is 18.9. The Labute approximate surface area is 136 Å². The summed E-state index contributed by atoms with van der Waals surface area (Å²) in [6.07, 6.45) is -0.299. The van der Waals surface area contributed by atoms with Crippen LogP contribution < -0.4 is 9.47 Å². The molecule has 1 heterocycles. The molecule has 0 atom stereocenters. The molecule has 0 spiro atoms. The minimum Gasteiger partial charge on any atom is -0.493 e. The lowest BCUT2D eigenvalue weighted by Crippen LogP contribution is -2.50. The number of rotatable bonds is 5. The van der Waals surface area contributed by atoms with Crippen LogP contribution in [-0.2, 0) is 4.79 Å². The Kier molecular flexibility index (Phi) is 5.23. The molecule has 9 heteroatoms. The molecule has 0 radical (unpaired) electrons. The first-order valence-corrected chi connectivity index (χ1v) is 7.15. The highest BCUT2D eigenvalue weighted by Crippen LogP contribution is 2.34. The summed E-state index contributed by atoms with van der Waals surface area (Å²) in [5.74, 6) is -2.34. The van der Waals surface area contributed by atoms with Crippen LogP contribution in [0.15, 0.2) is 18.2 Å². The zero-order valence-electron chi connectivity index (χ0n) is 12.9. The van der Waals surface area contributed by atoms with Crippen molar-refractivity contribution in [1.82, 2.24) is 4.90 Å². The Morgan fingerprint density at radius 2 is 1.92 bits per heavy atom. The fraction of sp³-hybridized carbons (Fsp3) is 0.467. The summed E-state index contributed by atoms with van der Waals surface area (Å²) >= 11 is 0. The standard InChI is InChI=1S/C15H17F2NO6/c1-23-10-4-2-3-9(11(10)24-14(16)17)12(19)18-7-5-15(22,6-8-18)13(20)21/h2-4,14,22H,5-8H2,1H3,(H,20,21). The minimum absolute atomic E-state index is 0.0137. The number of aliphatic carboxylic acids is 1. The minimum atomic E-state index is -3.13. The van der Waals surface area contributed by atoms with Gasteiger partial charge in [0.2, 0.25) is 0 Å². The maximum atomic E-state index is 12.6. The van der Waals surface area contributed by atoms with Crippen LogP contribution in [-0.4, -0.2) is 59.4 Å². The number of likely N-dealkylation sites (tertiary alicyclic amines) is 1. The number of alkyl halides is 2. The van der Waals surface area contributed by atoms with Gasteiger partial charge in [0.1, 0.15) is 0 Å². The fourth-order valence-electron chi connectivity index (χ4n) is 2.52. The van der Waals surface area contributed by atoms with Crippen molar-refractivity contribution in [3.63, 3.8) is 0 Å². The third-order valence-corrected chi connectivity index (χ3v) is 3.91. The summed E-state index contributed by atoms with van der Waals surface area (Å²) < 4.78 is 34.6. The van der Waals surface area contributed by atoms with Crippen LogP contribution in [0, 0.1) is 0 Å². The lowest BCUT2D eigenvalue weighted by atomic mass is 9.91. The molecule has 1 aromatic rings. The second-order valence-electron chi connectivity index (χ2n) is 5.34. The van der Waals surface area contributed by atoms with Crippen LogP contribution in [0.3, 0.4) is 0 Å². The normalized spacial score (nSPS) is 16.8. The topological polar surface area (TPSA) is 96.3 Å². The molecule has 132 valence electrons. The number of aliphatic hydroxyl groups is 1. The molecule has 2 rings (SSSR count). The highest BCUT2D eigenvalue weighted by molar-refractivity contribution is 5.98. The SMILES string of the molecule is COc1cccc(C(=O)N2CCC(O)(C(=O)O)CC2)c1OC(F)F. The number of halogens is 2. The van der Waals surface area contributed by atoms with E-state index in [2.05, 4.69) is 4.74 Å². The van der Waals surface area contributed by atoms with Gasteiger partial charge in [0.25, 0.3) is 5.91 Å². The van der Waals surface area contributed by atoms with Crippen molar-refractivity contribution in [3.8, 4) is 11.5 Å². The highest BCUT2D eigenvalue weighted by Gasteiger charge is 2.41. The average Bonchev–Trinajstić information content (AvgIpc) is 2.54. The van der Waals surface area contributed by atoms with Gasteiger partial charge in [-0.1, -0.05) is 6.07 Å². The molecule has 1 aromatic carbocycles. The fourth-order valence-corrected chi connectivity index (χ4v) is 2.52. The Hall–Kier alpha value is -2.42. The quantitative estimate of drug-likeness (QED) is 0.836. The van der Waals surface area contributed by atoms with Crippen molar-refractivity contribution in [2.24, 2.45) is 0 Å². The third kappa shape index (κ3) is 3.56. The molecule has 1 fully saturated rings. The van der Waals surface area contributed by atoms with Gasteiger partial charge in [-0.25, -0.2) is 4.79 Å². The van der Waals surface area contributed by atoms with Crippen molar-refractivity contribution in [2.75, 3.05) is 20.2 Å². The maximum Gasteiger partial charge on any atom is 0.387 e. The molecule has 0 aromatic heterocycles. The van der Waals surface area contributed by atoms with E-state index in [0.29, 0.717) is 0 Å². The van der Waals surface area contributed by atoms with Crippen molar-refractivity contribution in [3.05, 3.63) is 23.8 Å². The molecule has 24 heavy (non-hydrogen) atoms. The summed E-state index contributed by atoms with van der Waals surface area (Å²) in [4.78, 5) is 24.9. The van der Waals surface area contributed by atoms with Crippen LogP contribution >= 0.6 is 0 Å². The molecule has 1 aliphatic rings. The number of hydrogen-bond acceptors (Lipinski definition) is 5. The molecule has 1 aliphatic heterocycles. The van der Waals surface area contributed by atoms with Crippen molar-refractivity contribution in [1.29, 1.82) is 0 Å². The van der Waals surface area contributed by atoms with E-state index in [1.807, 2.05) is 0 Å². The monoisotopic (exact) mass is 345 g/mol. The summed E-state index contributed by atoms with van der Waals surface area (Å²) in [6.45, 7) is -3.17. The van der Waals surface area contributed by atoms with Gasteiger partial charge in [-0.3, -0.25) is 4.79 Å². The van der Waals surface area contributed by atoms with E-state index >= 15 is 0 Å². The van der Waals surface area contributed by atoms with E-state index in [-0.39, 0.29) is 43.0 Å². The number of carbonyl (C=O) groups is 2. The predicted molar refractivity (Wildman–Crippen MR) is 77.3 cm³/mol. The molecule has 0 saturated carbocycles. The molecule has 2 N–H and O–H groups in total. The van der Waals surface area contributed by atoms with E-state index in [1.165, 1.54) is 30.2 Å². The Morgan fingerprint density at radius 1 is 1.29 bits per heavy atom. The van der Waals surface area contributed by atoms with Crippen molar-refractivity contribution in [2.45, 2.75) is 25.1 Å². The lowest BCUT2D eigenvalue weighted by molar-refractivity contribution is -0.162. The molecule has 1 amide bonds. The van der Waals surface area contributed by atoms with E-state index in [4.69, 9.17) is 9.84 Å². The van der Waals surface area contributed by atoms with Gasteiger partial charge in [-0.2, -0.15) is 8.78 Å². The molecule has 0 aliphatic carbocycles. The van der Waals surface area contributed by atoms with Crippen LogP contribution in [0.1, 0.15) is 23.2 Å². The van der Waals surface area contributed by atoms with Crippen LogP contribution in [0.4, 0.5) is 8.78 Å². The average molecular weight is 345 g/mol. The van der Waals surface area contributed by atoms with Gasteiger partial charge in [0.15, 0.2) is 17.1 Å². The number of benzene rings is 1. The van der Waals surface area contributed by atoms with E-state index in [9.17, 15) is 23.5 Å². The first kappa shape index (κ1) is 17.9. The number of carbonyl (C=O) groups excluding carboxylic acids is 1. The van der Waals surface area contributed by atoms with Gasteiger partial charge >= 0.3 is 12.6 Å². The number of nitrogens with zero attached hydrogens (tertiary/aromatic N) is 1. The number of carboxylic acid groups (broad SMARTS) is 1. The second-order valence-corrected chi connectivity index (χ2v) is 5.34. The van der Waals surface area contributed by atoms with E-state index in [1.54, 1.807) is 0 Å². The number of hydrogen-bond donors (Lipinski definition) is 2. The van der Waals surface area contributed by atoms with Crippen LogP contribution in [0.25, 0.3) is 0 Å². The number of amides is 1. The zero-order valence-corrected chi connectivity index (χ0v) is 12.9. The first-order chi connectivity index (χ1) is 11.3. The first-order valence-electron chi connectivity index (χ1n) is 7.15. The Morgan fingerprint density at radius 3 is 2.42 bits per heavy atom. The Bertz CT molecular complexity index is 628. The van der Waals surface area contributed by atoms with Gasteiger partial charge < -0.3 is 24.6 Å². The highest BCUT2D eigenvalue weighted by atomic mass is 19.3. The summed E-state index contributed by atoms with van der Waals surface area (Å²) in [6, 6.07) is 4.16. The number of piperidine rings is 1. The molecule has 0 bridgehead atoms. The largest absolute Gasteiger partial charge is 0.493 e. The smallest absolute Gasteiger partial charge is 0.387 e. The van der Waals surface area contributed by atoms with E-state index in [0.717, 1.165) is 0 Å². The van der Waals surface area contributed by atoms with Crippen LogP contribution in [0.5, 0.6) is 11.5 Å². The lowest BCUT2D eigenvalue weighted by Gasteiger charge is -2.35. The third-order valence-electron chi connectivity index (χ3n) is 3.91. The summed E-state index contributed by atoms with van der Waals surface area (Å²) in [5.41, 5.74) is -2.00. The van der Waals surface area contributed by atoms with E-state index < -0.39 is 24.1 Å². The van der Waals surface area contributed by atoms with Gasteiger partial charge in [0.05, 0.1) is 12.7 Å². The predicted octanol–water partition coefficient (Wildman–Crippen LogP) is 1.35. The number of methoxy groups -OCH3 is 1. The van der Waals surface area contributed by atoms with Crippen molar-refractivity contribution >= 4 is 11.9 Å². The number of para-hydroxylation sites is 1. The number of carboxylic acids is 1. The van der Waals surface area contributed by atoms with Gasteiger partial charge in [-0.15, -0.1) is 0 Å². The summed E-state index contributed by atoms with van der Waals surface area (Å²) in [7, 11) is 1.26. The molecule has 1 saturated heterocycles. The molecular formula is C15H17F2NO6. The van der Waals surface area contributed by atoms with Crippen molar-refractivity contribution < 1.29 is 38.1 Å². The number of ether oxygens (including phenoxy) is 2. The van der Waals surface area contributed by atoms with Gasteiger partial charge in [0, 0.05) is 25.9 Å². The molecule has 0 unspecified atom stereocenters. The zero-order chi connectivity index (χ0) is 17.9.